The topological polar surface area (TPSA) is 94.8 Å². The van der Waals surface area contributed by atoms with Gasteiger partial charge in [-0.2, -0.15) is 0 Å². The zero-order valence-corrected chi connectivity index (χ0v) is 23.0. The Hall–Kier alpha value is -3.13. The predicted molar refractivity (Wildman–Crippen MR) is 150 cm³/mol. The Balaban J connectivity index is 1.49. The van der Waals surface area contributed by atoms with Gasteiger partial charge < -0.3 is 20.9 Å². The van der Waals surface area contributed by atoms with E-state index < -0.39 is 11.8 Å². The number of pyridine rings is 1. The smallest absolute Gasteiger partial charge is 0.313 e. The first-order chi connectivity index (χ1) is 17.7. The minimum absolute atomic E-state index is 0.115. The summed E-state index contributed by atoms with van der Waals surface area (Å²) in [5.41, 5.74) is 10.8. The number of aryl methyl sites for hydroxylation is 2. The molecule has 2 atom stereocenters. The molecule has 2 aliphatic rings. The molecular formula is C29H42N6O2. The van der Waals surface area contributed by atoms with Gasteiger partial charge in [0.1, 0.15) is 5.82 Å². The van der Waals surface area contributed by atoms with E-state index in [1.165, 1.54) is 17.4 Å². The molecule has 0 saturated carbocycles. The third-order valence-electron chi connectivity index (χ3n) is 7.90. The van der Waals surface area contributed by atoms with E-state index in [1.807, 2.05) is 6.92 Å². The van der Waals surface area contributed by atoms with Gasteiger partial charge in [0.15, 0.2) is 0 Å². The Labute approximate surface area is 221 Å². The monoisotopic (exact) mass is 506 g/mol. The molecule has 2 fully saturated rings. The number of nitrogens with one attached hydrogen (secondary N) is 1. The lowest BCUT2D eigenvalue weighted by Gasteiger charge is -2.40. The number of anilines is 3. The Morgan fingerprint density at radius 3 is 2.51 bits per heavy atom. The molecule has 8 heteroatoms. The molecular weight excluding hydrogens is 464 g/mol. The zero-order valence-electron chi connectivity index (χ0n) is 23.0. The van der Waals surface area contributed by atoms with E-state index in [-0.39, 0.29) is 6.04 Å². The number of amides is 2. The molecule has 0 bridgehead atoms. The first kappa shape index (κ1) is 26.9. The summed E-state index contributed by atoms with van der Waals surface area (Å²) in [5, 5.41) is 2.74. The van der Waals surface area contributed by atoms with Crippen molar-refractivity contribution in [1.29, 1.82) is 0 Å². The number of nitrogen functional groups attached to an aromatic ring is 1. The van der Waals surface area contributed by atoms with Gasteiger partial charge in [-0.05, 0) is 74.8 Å². The molecule has 3 heterocycles. The highest BCUT2D eigenvalue weighted by Gasteiger charge is 2.34. The molecule has 1 aromatic carbocycles. The lowest BCUT2D eigenvalue weighted by Crippen LogP contribution is -2.49. The fraction of sp³-hybridized carbons (Fsp3) is 0.552. The fourth-order valence-electron chi connectivity index (χ4n) is 5.63. The maximum atomic E-state index is 13.4. The second-order valence-corrected chi connectivity index (χ2v) is 10.9. The molecule has 37 heavy (non-hydrogen) atoms. The number of piperidine rings is 1. The van der Waals surface area contributed by atoms with Gasteiger partial charge >= 0.3 is 11.8 Å². The van der Waals surface area contributed by atoms with Crippen LogP contribution in [0.4, 0.5) is 17.2 Å². The van der Waals surface area contributed by atoms with E-state index >= 15 is 0 Å². The first-order valence-corrected chi connectivity index (χ1v) is 13.6. The van der Waals surface area contributed by atoms with Crippen LogP contribution in [0.5, 0.6) is 0 Å². The fourth-order valence-corrected chi connectivity index (χ4v) is 5.63. The van der Waals surface area contributed by atoms with Crippen molar-refractivity contribution < 1.29 is 9.59 Å². The van der Waals surface area contributed by atoms with E-state index in [0.717, 1.165) is 50.1 Å². The number of benzene rings is 1. The van der Waals surface area contributed by atoms with Crippen LogP contribution >= 0.6 is 0 Å². The summed E-state index contributed by atoms with van der Waals surface area (Å²) in [6, 6.07) is 8.80. The molecule has 3 N–H and O–H groups in total. The second-order valence-electron chi connectivity index (χ2n) is 10.9. The second kappa shape index (κ2) is 11.5. The summed E-state index contributed by atoms with van der Waals surface area (Å²) < 4.78 is 0. The maximum absolute atomic E-state index is 13.4. The van der Waals surface area contributed by atoms with E-state index in [0.29, 0.717) is 36.4 Å². The van der Waals surface area contributed by atoms with Crippen molar-refractivity contribution in [2.24, 2.45) is 5.92 Å². The van der Waals surface area contributed by atoms with E-state index in [4.69, 9.17) is 5.73 Å². The molecule has 0 spiro atoms. The number of likely N-dealkylation sites (tertiary alicyclic amines) is 1. The van der Waals surface area contributed by atoms with Gasteiger partial charge in [0.25, 0.3) is 0 Å². The summed E-state index contributed by atoms with van der Waals surface area (Å²) in [5.74, 6) is -0.352. The quantitative estimate of drug-likeness (QED) is 0.595. The maximum Gasteiger partial charge on any atom is 0.313 e. The highest BCUT2D eigenvalue weighted by molar-refractivity contribution is 6.39. The first-order valence-electron chi connectivity index (χ1n) is 13.6. The molecule has 2 amide bonds. The van der Waals surface area contributed by atoms with Crippen LogP contribution in [0, 0.1) is 12.8 Å². The molecule has 0 unspecified atom stereocenters. The summed E-state index contributed by atoms with van der Waals surface area (Å²) in [6.07, 6.45) is 4.06. The van der Waals surface area contributed by atoms with Crippen molar-refractivity contribution in [2.75, 3.05) is 48.7 Å². The van der Waals surface area contributed by atoms with Crippen LogP contribution in [0.3, 0.4) is 0 Å². The summed E-state index contributed by atoms with van der Waals surface area (Å²) in [4.78, 5) is 37.3. The molecule has 2 aromatic rings. The molecule has 1 aromatic heterocycles. The van der Waals surface area contributed by atoms with Crippen LogP contribution in [0.1, 0.15) is 63.3 Å². The van der Waals surface area contributed by atoms with Crippen LogP contribution in [-0.4, -0.2) is 65.4 Å². The summed E-state index contributed by atoms with van der Waals surface area (Å²) in [7, 11) is 0. The number of nitrogens with two attached hydrogens (primary N) is 1. The van der Waals surface area contributed by atoms with E-state index in [1.54, 1.807) is 11.0 Å². The Kier molecular flexibility index (Phi) is 8.37. The van der Waals surface area contributed by atoms with Gasteiger partial charge in [-0.25, -0.2) is 4.98 Å². The molecule has 4 rings (SSSR count). The number of hydrogen-bond acceptors (Lipinski definition) is 6. The Bertz CT molecular complexity index is 1130. The van der Waals surface area contributed by atoms with Crippen molar-refractivity contribution in [3.05, 3.63) is 47.2 Å². The molecule has 2 aliphatic heterocycles. The average Bonchev–Trinajstić information content (AvgIpc) is 2.89. The highest BCUT2D eigenvalue weighted by atomic mass is 16.2. The standard InChI is InChI=1S/C29H42N6O2/c1-6-22-16-24(17-31-27(22)30)32-28(36)29(37)35-18-20(4)7-9-26(35)23-8-10-25(21(5)15-23)34-13-11-33(12-14-34)19(2)3/h8,10,15-17,19-20,26H,6-7,9,11-14,18H2,1-5H3,(H2,30,31)(H,32,36)/t20-,26+/m0/s1. The summed E-state index contributed by atoms with van der Waals surface area (Å²) >= 11 is 0. The molecule has 0 aliphatic carbocycles. The van der Waals surface area contributed by atoms with E-state index in [9.17, 15) is 9.59 Å². The third-order valence-corrected chi connectivity index (χ3v) is 7.90. The van der Waals surface area contributed by atoms with Crippen molar-refractivity contribution >= 4 is 29.0 Å². The normalized spacial score (nSPS) is 20.8. The van der Waals surface area contributed by atoms with Gasteiger partial charge in [-0.1, -0.05) is 26.0 Å². The Morgan fingerprint density at radius 2 is 1.86 bits per heavy atom. The van der Waals surface area contributed by atoms with Gasteiger partial charge in [0.05, 0.1) is 17.9 Å². The molecule has 2 saturated heterocycles. The number of nitrogens with zero attached hydrogens (tertiary/aromatic N) is 4. The van der Waals surface area contributed by atoms with Crippen LogP contribution in [0.25, 0.3) is 0 Å². The number of carbonyl (C=O) groups excluding carboxylic acids is 2. The lowest BCUT2D eigenvalue weighted by molar-refractivity contribution is -0.146. The number of hydrogen-bond donors (Lipinski definition) is 2. The number of aromatic nitrogens is 1. The highest BCUT2D eigenvalue weighted by Crippen LogP contribution is 2.35. The van der Waals surface area contributed by atoms with Crippen LogP contribution in [-0.2, 0) is 16.0 Å². The largest absolute Gasteiger partial charge is 0.383 e. The summed E-state index contributed by atoms with van der Waals surface area (Å²) in [6.45, 7) is 15.5. The van der Waals surface area contributed by atoms with Crippen molar-refractivity contribution in [2.45, 2.75) is 66.0 Å². The van der Waals surface area contributed by atoms with Gasteiger partial charge in [0, 0.05) is 44.5 Å². The van der Waals surface area contributed by atoms with E-state index in [2.05, 4.69) is 66.0 Å². The van der Waals surface area contributed by atoms with Gasteiger partial charge in [0.2, 0.25) is 0 Å². The molecule has 0 radical (unpaired) electrons. The van der Waals surface area contributed by atoms with Crippen molar-refractivity contribution in [3.63, 3.8) is 0 Å². The average molecular weight is 507 g/mol. The molecule has 200 valence electrons. The minimum atomic E-state index is -0.635. The van der Waals surface area contributed by atoms with Crippen LogP contribution < -0.4 is 16.0 Å². The van der Waals surface area contributed by atoms with Crippen molar-refractivity contribution in [1.82, 2.24) is 14.8 Å². The number of rotatable bonds is 5. The predicted octanol–water partition coefficient (Wildman–Crippen LogP) is 4.00. The lowest BCUT2D eigenvalue weighted by atomic mass is 9.89. The molecule has 8 nitrogen and oxygen atoms in total. The number of carbonyl (C=O) groups is 2. The van der Waals surface area contributed by atoms with Crippen LogP contribution in [0.2, 0.25) is 0 Å². The minimum Gasteiger partial charge on any atom is -0.383 e. The zero-order chi connectivity index (χ0) is 26.7. The SMILES string of the molecule is CCc1cc(NC(=O)C(=O)N2C[C@@H](C)CC[C@@H]2c2ccc(N3CCN(C(C)C)CC3)c(C)c2)cnc1N. The Morgan fingerprint density at radius 1 is 1.14 bits per heavy atom. The van der Waals surface area contributed by atoms with Gasteiger partial charge in [-0.15, -0.1) is 0 Å². The van der Waals surface area contributed by atoms with Gasteiger partial charge in [-0.3, -0.25) is 14.5 Å². The number of piperazine rings is 1. The third kappa shape index (κ3) is 6.06. The van der Waals surface area contributed by atoms with Crippen LogP contribution in [0.15, 0.2) is 30.5 Å². The van der Waals surface area contributed by atoms with Crippen molar-refractivity contribution in [3.8, 4) is 0 Å².